The van der Waals surface area contributed by atoms with Crippen LogP contribution in [0.1, 0.15) is 0 Å². The summed E-state index contributed by atoms with van der Waals surface area (Å²) in [5, 5.41) is 35.0. The number of aliphatic hydroxyl groups is 4. The molecule has 8 nitrogen and oxygen atoms in total. The van der Waals surface area contributed by atoms with Crippen LogP contribution in [-0.4, -0.2) is 64.6 Å². The first-order chi connectivity index (χ1) is 6.66. The van der Waals surface area contributed by atoms with Crippen LogP contribution in [0, 0.1) is 0 Å². The van der Waals surface area contributed by atoms with Crippen LogP contribution in [0.5, 0.6) is 0 Å². The Morgan fingerprint density at radius 2 is 1.60 bits per heavy atom. The van der Waals surface area contributed by atoms with Crippen LogP contribution >= 0.6 is 0 Å². The van der Waals surface area contributed by atoms with Crippen molar-refractivity contribution in [1.82, 2.24) is 0 Å². The smallest absolute Gasteiger partial charge is 0.394 e. The van der Waals surface area contributed by atoms with Crippen molar-refractivity contribution in [3.05, 3.63) is 0 Å². The van der Waals surface area contributed by atoms with Crippen LogP contribution in [0.15, 0.2) is 0 Å². The summed E-state index contributed by atoms with van der Waals surface area (Å²) in [7, 11) is -5.17. The van der Waals surface area contributed by atoms with Gasteiger partial charge in [-0.2, -0.15) is 8.42 Å². The average molecular weight is 250 g/mol. The largest absolute Gasteiger partial charge is 0.435 e. The van der Waals surface area contributed by atoms with Gasteiger partial charge in [0.05, 0.1) is 6.61 Å². The Morgan fingerprint density at radius 3 is 1.73 bits per heavy atom. The Bertz CT molecular complexity index is 271. The zero-order chi connectivity index (χ0) is 12.2. The van der Waals surface area contributed by atoms with E-state index in [2.05, 4.69) is 4.74 Å². The summed E-state index contributed by atoms with van der Waals surface area (Å²) in [5.74, 6) is 0. The lowest BCUT2D eigenvalue weighted by Crippen LogP contribution is -2.33. The van der Waals surface area contributed by atoms with Crippen LogP contribution in [0.2, 0.25) is 0 Å². The van der Waals surface area contributed by atoms with E-state index in [-0.39, 0.29) is 0 Å². The van der Waals surface area contributed by atoms with Crippen molar-refractivity contribution < 1.29 is 42.0 Å². The molecule has 0 bridgehead atoms. The molecule has 0 aromatic heterocycles. The molecule has 0 aliphatic carbocycles. The molecule has 0 spiro atoms. The summed E-state index contributed by atoms with van der Waals surface area (Å²) < 4.78 is 38.6. The number of ether oxygens (including phenoxy) is 1. The van der Waals surface area contributed by atoms with Gasteiger partial charge in [0, 0.05) is 0 Å². The molecular weight excluding hydrogens is 239 g/mol. The van der Waals surface area contributed by atoms with E-state index in [0.29, 0.717) is 0 Å². The van der Waals surface area contributed by atoms with Crippen LogP contribution in [0.3, 0.4) is 0 Å². The van der Waals surface area contributed by atoms with Crippen molar-refractivity contribution in [3.8, 4) is 0 Å². The van der Waals surface area contributed by atoms with Crippen LogP contribution in [0.4, 0.5) is 3.89 Å². The van der Waals surface area contributed by atoms with Crippen LogP contribution in [-0.2, 0) is 15.2 Å². The lowest BCUT2D eigenvalue weighted by Gasteiger charge is -2.09. The molecule has 5 N–H and O–H groups in total. The molecule has 1 fully saturated rings. The van der Waals surface area contributed by atoms with E-state index in [4.69, 9.17) is 33.4 Å². The van der Waals surface area contributed by atoms with E-state index in [1.54, 1.807) is 0 Å². The number of halogens is 1. The summed E-state index contributed by atoms with van der Waals surface area (Å²) in [4.78, 5) is 0. The molecule has 0 unspecified atom stereocenters. The lowest BCUT2D eigenvalue weighted by atomic mass is 10.1. The van der Waals surface area contributed by atoms with Crippen LogP contribution in [0.25, 0.3) is 0 Å². The Hall–Kier alpha value is -0.360. The van der Waals surface area contributed by atoms with Gasteiger partial charge in [0.15, 0.2) is 6.29 Å². The van der Waals surface area contributed by atoms with E-state index in [9.17, 15) is 3.89 Å². The minimum atomic E-state index is -5.17. The maximum Gasteiger partial charge on any atom is 0.435 e. The lowest BCUT2D eigenvalue weighted by molar-refractivity contribution is -0.132. The standard InChI is InChI=1S/C5H10O5.FHO3S/c6-1-2-3(7)4(8)5(9)10-2;1-5(2,3)4/h2-9H,1H2;(H,2,3,4)/t2-,3-,4-,5-;/m1./s1. The molecule has 10 heteroatoms. The zero-order valence-corrected chi connectivity index (χ0v) is 8.08. The number of hydrogen-bond donors (Lipinski definition) is 5. The number of aliphatic hydroxyl groups excluding tert-OH is 4. The molecule has 0 radical (unpaired) electrons. The van der Waals surface area contributed by atoms with E-state index in [1.165, 1.54) is 0 Å². The van der Waals surface area contributed by atoms with Gasteiger partial charge in [-0.3, -0.25) is 4.55 Å². The first-order valence-corrected chi connectivity index (χ1v) is 4.98. The molecule has 1 rings (SSSR count). The molecule has 15 heavy (non-hydrogen) atoms. The van der Waals surface area contributed by atoms with Gasteiger partial charge in [0.2, 0.25) is 0 Å². The number of rotatable bonds is 1. The second kappa shape index (κ2) is 5.65. The average Bonchev–Trinajstić information content (AvgIpc) is 2.29. The third kappa shape index (κ3) is 5.94. The Labute approximate surface area is 84.6 Å². The highest BCUT2D eigenvalue weighted by Gasteiger charge is 2.41. The van der Waals surface area contributed by atoms with Gasteiger partial charge in [0.25, 0.3) is 0 Å². The van der Waals surface area contributed by atoms with Gasteiger partial charge in [0.1, 0.15) is 18.3 Å². The Kier molecular flexibility index (Phi) is 5.51. The second-order valence-corrected chi connectivity index (χ2v) is 3.47. The van der Waals surface area contributed by atoms with Gasteiger partial charge in [-0.25, -0.2) is 0 Å². The van der Waals surface area contributed by atoms with Crippen molar-refractivity contribution in [2.75, 3.05) is 6.61 Å². The molecule has 1 aliphatic rings. The molecule has 4 atom stereocenters. The fourth-order valence-electron chi connectivity index (χ4n) is 0.880. The van der Waals surface area contributed by atoms with Crippen molar-refractivity contribution in [2.45, 2.75) is 24.6 Å². The maximum absolute atomic E-state index is 10.2. The molecule has 0 aromatic rings. The number of hydrogen-bond acceptors (Lipinski definition) is 7. The molecule has 0 saturated carbocycles. The highest BCUT2D eigenvalue weighted by atomic mass is 32.3. The second-order valence-electron chi connectivity index (χ2n) is 2.64. The fourth-order valence-corrected chi connectivity index (χ4v) is 0.880. The third-order valence-electron chi connectivity index (χ3n) is 1.52. The maximum atomic E-state index is 10.2. The molecule has 92 valence electrons. The Balaban J connectivity index is 0.000000336. The zero-order valence-electron chi connectivity index (χ0n) is 7.26. The SMILES string of the molecule is O=S(=O)(O)F.OC[C@H]1O[C@@H](O)[C@H](O)[C@@H]1O. The summed E-state index contributed by atoms with van der Waals surface area (Å²) >= 11 is 0. The Morgan fingerprint density at radius 1 is 1.20 bits per heavy atom. The normalized spacial score (nSPS) is 35.9. The fraction of sp³-hybridized carbons (Fsp3) is 1.00. The summed E-state index contributed by atoms with van der Waals surface area (Å²) in [6.45, 7) is -0.407. The van der Waals surface area contributed by atoms with E-state index < -0.39 is 41.7 Å². The predicted molar refractivity (Wildman–Crippen MR) is 42.6 cm³/mol. The van der Waals surface area contributed by atoms with Gasteiger partial charge in [-0.15, -0.1) is 0 Å². The molecular formula is C5H11FO8S. The first-order valence-electron chi connectivity index (χ1n) is 3.64. The molecule has 1 saturated heterocycles. The van der Waals surface area contributed by atoms with E-state index >= 15 is 0 Å². The van der Waals surface area contributed by atoms with E-state index in [1.807, 2.05) is 0 Å². The third-order valence-corrected chi connectivity index (χ3v) is 1.52. The molecule has 1 aliphatic heterocycles. The molecule has 0 aromatic carbocycles. The first kappa shape index (κ1) is 14.6. The summed E-state index contributed by atoms with van der Waals surface area (Å²) in [6.07, 6.45) is -4.76. The van der Waals surface area contributed by atoms with Gasteiger partial charge in [-0.05, 0) is 0 Å². The summed E-state index contributed by atoms with van der Waals surface area (Å²) in [5.41, 5.74) is 0. The van der Waals surface area contributed by atoms with Crippen molar-refractivity contribution >= 4 is 10.5 Å². The van der Waals surface area contributed by atoms with Gasteiger partial charge >= 0.3 is 10.5 Å². The van der Waals surface area contributed by atoms with Crippen molar-refractivity contribution in [3.63, 3.8) is 0 Å². The van der Waals surface area contributed by atoms with Gasteiger partial charge in [-0.1, -0.05) is 3.89 Å². The highest BCUT2D eigenvalue weighted by Crippen LogP contribution is 2.18. The minimum Gasteiger partial charge on any atom is -0.394 e. The van der Waals surface area contributed by atoms with Crippen molar-refractivity contribution in [2.24, 2.45) is 0 Å². The quantitative estimate of drug-likeness (QED) is 0.247. The van der Waals surface area contributed by atoms with E-state index in [0.717, 1.165) is 0 Å². The minimum absolute atomic E-state index is 0.407. The van der Waals surface area contributed by atoms with Gasteiger partial charge < -0.3 is 25.2 Å². The molecule has 0 amide bonds. The predicted octanol–water partition coefficient (Wildman–Crippen LogP) is -2.82. The molecule has 1 heterocycles. The summed E-state index contributed by atoms with van der Waals surface area (Å²) in [6, 6.07) is 0. The monoisotopic (exact) mass is 250 g/mol. The topological polar surface area (TPSA) is 145 Å². The van der Waals surface area contributed by atoms with Crippen LogP contribution < -0.4 is 0 Å². The van der Waals surface area contributed by atoms with Crippen molar-refractivity contribution in [1.29, 1.82) is 0 Å². The highest BCUT2D eigenvalue weighted by molar-refractivity contribution is 7.80.